The number of nitrogens with one attached hydrogen (secondary N) is 1. The number of aromatic nitrogens is 1. The van der Waals surface area contributed by atoms with E-state index in [4.69, 9.17) is 5.73 Å². The molecular weight excluding hydrogens is 250 g/mol. The van der Waals surface area contributed by atoms with Gasteiger partial charge in [0.2, 0.25) is 0 Å². The molecule has 4 nitrogen and oxygen atoms in total. The summed E-state index contributed by atoms with van der Waals surface area (Å²) in [6, 6.07) is 11.4. The van der Waals surface area contributed by atoms with Gasteiger partial charge in [-0.3, -0.25) is 4.79 Å². The second-order valence-corrected chi connectivity index (χ2v) is 5.15. The van der Waals surface area contributed by atoms with Gasteiger partial charge in [-0.1, -0.05) is 44.5 Å². The van der Waals surface area contributed by atoms with Crippen LogP contribution in [0.2, 0.25) is 0 Å². The van der Waals surface area contributed by atoms with Crippen molar-refractivity contribution in [1.29, 1.82) is 0 Å². The Bertz CT molecular complexity index is 597. The third-order valence-corrected chi connectivity index (χ3v) is 3.70. The number of para-hydroxylation sites is 1. The first-order valence-electron chi connectivity index (χ1n) is 7.01. The predicted molar refractivity (Wildman–Crippen MR) is 81.5 cm³/mol. The van der Waals surface area contributed by atoms with Crippen molar-refractivity contribution < 1.29 is 4.79 Å². The van der Waals surface area contributed by atoms with Crippen LogP contribution in [0.25, 0.3) is 10.9 Å². The summed E-state index contributed by atoms with van der Waals surface area (Å²) >= 11 is 0. The van der Waals surface area contributed by atoms with Crippen molar-refractivity contribution >= 4 is 16.8 Å². The summed E-state index contributed by atoms with van der Waals surface area (Å²) in [6.07, 6.45) is 1.01. The Kier molecular flexibility index (Phi) is 4.69. The van der Waals surface area contributed by atoms with Crippen molar-refractivity contribution in [3.8, 4) is 0 Å². The normalized spacial score (nSPS) is 13.9. The van der Waals surface area contributed by atoms with E-state index < -0.39 is 0 Å². The molecule has 0 aliphatic rings. The number of rotatable bonds is 5. The Morgan fingerprint density at radius 3 is 2.80 bits per heavy atom. The van der Waals surface area contributed by atoms with Gasteiger partial charge in [-0.05, 0) is 18.1 Å². The van der Waals surface area contributed by atoms with Gasteiger partial charge in [-0.25, -0.2) is 4.98 Å². The van der Waals surface area contributed by atoms with Crippen LogP contribution in [0.1, 0.15) is 30.8 Å². The van der Waals surface area contributed by atoms with E-state index in [1.54, 1.807) is 6.07 Å². The fraction of sp³-hybridized carbons (Fsp3) is 0.375. The molecular formula is C16H21N3O. The molecule has 0 radical (unpaired) electrons. The highest BCUT2D eigenvalue weighted by atomic mass is 16.1. The fourth-order valence-corrected chi connectivity index (χ4v) is 2.00. The Morgan fingerprint density at radius 1 is 1.30 bits per heavy atom. The zero-order valence-corrected chi connectivity index (χ0v) is 12.0. The highest BCUT2D eigenvalue weighted by molar-refractivity contribution is 5.94. The molecule has 2 rings (SSSR count). The van der Waals surface area contributed by atoms with Crippen LogP contribution in [0.4, 0.5) is 0 Å². The number of benzene rings is 1. The molecule has 1 amide bonds. The lowest BCUT2D eigenvalue weighted by Crippen LogP contribution is -2.41. The minimum atomic E-state index is -0.172. The molecule has 1 aromatic heterocycles. The number of pyridine rings is 1. The Morgan fingerprint density at radius 2 is 2.05 bits per heavy atom. The standard InChI is InChI=1S/C16H21N3O/c1-3-11(2)13(17)10-18-16(20)15-9-8-12-6-4-5-7-14(12)19-15/h4-9,11,13H,3,10,17H2,1-2H3,(H,18,20)/t11-,13+/m0/s1. The smallest absolute Gasteiger partial charge is 0.269 e. The molecule has 106 valence electrons. The second-order valence-electron chi connectivity index (χ2n) is 5.15. The van der Waals surface area contributed by atoms with Crippen molar-refractivity contribution in [2.24, 2.45) is 11.7 Å². The summed E-state index contributed by atoms with van der Waals surface area (Å²) < 4.78 is 0. The van der Waals surface area contributed by atoms with Crippen LogP contribution in [-0.4, -0.2) is 23.5 Å². The molecule has 3 N–H and O–H groups in total. The first kappa shape index (κ1) is 14.5. The van der Waals surface area contributed by atoms with E-state index in [1.807, 2.05) is 30.3 Å². The predicted octanol–water partition coefficient (Wildman–Crippen LogP) is 2.34. The van der Waals surface area contributed by atoms with Crippen LogP contribution in [0.3, 0.4) is 0 Å². The highest BCUT2D eigenvalue weighted by Gasteiger charge is 2.13. The fourth-order valence-electron chi connectivity index (χ4n) is 2.00. The van der Waals surface area contributed by atoms with Gasteiger partial charge in [0.1, 0.15) is 5.69 Å². The molecule has 2 aromatic rings. The van der Waals surface area contributed by atoms with E-state index in [1.165, 1.54) is 0 Å². The van der Waals surface area contributed by atoms with Crippen molar-refractivity contribution in [3.63, 3.8) is 0 Å². The quantitative estimate of drug-likeness (QED) is 0.877. The van der Waals surface area contributed by atoms with Gasteiger partial charge < -0.3 is 11.1 Å². The van der Waals surface area contributed by atoms with E-state index in [9.17, 15) is 4.79 Å². The lowest BCUT2D eigenvalue weighted by Gasteiger charge is -2.18. The number of nitrogens with two attached hydrogens (primary N) is 1. The average molecular weight is 271 g/mol. The average Bonchev–Trinajstić information content (AvgIpc) is 2.50. The van der Waals surface area contributed by atoms with Crippen LogP contribution < -0.4 is 11.1 Å². The van der Waals surface area contributed by atoms with Crippen LogP contribution in [0, 0.1) is 5.92 Å². The summed E-state index contributed by atoms with van der Waals surface area (Å²) in [4.78, 5) is 16.4. The molecule has 1 heterocycles. The molecule has 0 aliphatic carbocycles. The third kappa shape index (κ3) is 3.33. The summed E-state index contributed by atoms with van der Waals surface area (Å²) in [7, 11) is 0. The molecule has 20 heavy (non-hydrogen) atoms. The highest BCUT2D eigenvalue weighted by Crippen LogP contribution is 2.11. The number of nitrogens with zero attached hydrogens (tertiary/aromatic N) is 1. The number of amides is 1. The lowest BCUT2D eigenvalue weighted by atomic mass is 10.0. The van der Waals surface area contributed by atoms with Crippen LogP contribution in [0.15, 0.2) is 36.4 Å². The molecule has 0 unspecified atom stereocenters. The van der Waals surface area contributed by atoms with Crippen LogP contribution in [0.5, 0.6) is 0 Å². The summed E-state index contributed by atoms with van der Waals surface area (Å²) in [5, 5.41) is 3.88. The molecule has 0 aliphatic heterocycles. The Balaban J connectivity index is 2.04. The third-order valence-electron chi connectivity index (χ3n) is 3.70. The van der Waals surface area contributed by atoms with Crippen LogP contribution in [-0.2, 0) is 0 Å². The minimum Gasteiger partial charge on any atom is -0.349 e. The first-order valence-corrected chi connectivity index (χ1v) is 7.01. The van der Waals surface area contributed by atoms with Crippen molar-refractivity contribution in [2.75, 3.05) is 6.54 Å². The van der Waals surface area contributed by atoms with Crippen molar-refractivity contribution in [3.05, 3.63) is 42.1 Å². The number of fused-ring (bicyclic) bond motifs is 1. The molecule has 0 saturated heterocycles. The topological polar surface area (TPSA) is 68.0 Å². The minimum absolute atomic E-state index is 0.0237. The molecule has 1 aromatic carbocycles. The van der Waals surface area contributed by atoms with Gasteiger partial charge in [-0.15, -0.1) is 0 Å². The SMILES string of the molecule is CC[C@H](C)[C@H](N)CNC(=O)c1ccc2ccccc2n1. The zero-order valence-electron chi connectivity index (χ0n) is 12.0. The van der Waals surface area contributed by atoms with Crippen molar-refractivity contribution in [2.45, 2.75) is 26.3 Å². The molecule has 0 spiro atoms. The summed E-state index contributed by atoms with van der Waals surface area (Å²) in [6.45, 7) is 4.66. The first-order chi connectivity index (χ1) is 9.61. The molecule has 0 saturated carbocycles. The molecule has 2 atom stereocenters. The van der Waals surface area contributed by atoms with Crippen LogP contribution >= 0.6 is 0 Å². The Labute approximate surface area is 119 Å². The van der Waals surface area contributed by atoms with E-state index >= 15 is 0 Å². The number of carbonyl (C=O) groups is 1. The maximum absolute atomic E-state index is 12.1. The molecule has 0 bridgehead atoms. The monoisotopic (exact) mass is 271 g/mol. The van der Waals surface area contributed by atoms with E-state index in [2.05, 4.69) is 24.1 Å². The second kappa shape index (κ2) is 6.48. The number of hydrogen-bond acceptors (Lipinski definition) is 3. The maximum Gasteiger partial charge on any atom is 0.269 e. The molecule has 0 fully saturated rings. The zero-order chi connectivity index (χ0) is 14.5. The van der Waals surface area contributed by atoms with E-state index in [0.29, 0.717) is 18.2 Å². The Hall–Kier alpha value is -1.94. The van der Waals surface area contributed by atoms with Gasteiger partial charge >= 0.3 is 0 Å². The van der Waals surface area contributed by atoms with Gasteiger partial charge in [0, 0.05) is 18.0 Å². The van der Waals surface area contributed by atoms with Gasteiger partial charge in [0.15, 0.2) is 0 Å². The van der Waals surface area contributed by atoms with Gasteiger partial charge in [0.05, 0.1) is 5.52 Å². The lowest BCUT2D eigenvalue weighted by molar-refractivity contribution is 0.0944. The van der Waals surface area contributed by atoms with Crippen molar-refractivity contribution in [1.82, 2.24) is 10.3 Å². The summed E-state index contributed by atoms with van der Waals surface area (Å²) in [5.41, 5.74) is 7.27. The van der Waals surface area contributed by atoms with E-state index in [0.717, 1.165) is 17.3 Å². The maximum atomic E-state index is 12.1. The van der Waals surface area contributed by atoms with Gasteiger partial charge in [-0.2, -0.15) is 0 Å². The molecule has 4 heteroatoms. The summed E-state index contributed by atoms with van der Waals surface area (Å²) in [5.74, 6) is 0.217. The largest absolute Gasteiger partial charge is 0.349 e. The van der Waals surface area contributed by atoms with E-state index in [-0.39, 0.29) is 11.9 Å². The number of carbonyl (C=O) groups excluding carboxylic acids is 1. The van der Waals surface area contributed by atoms with Gasteiger partial charge in [0.25, 0.3) is 5.91 Å². The number of hydrogen-bond donors (Lipinski definition) is 2.